The number of aromatic nitrogens is 2. The van der Waals surface area contributed by atoms with Crippen molar-refractivity contribution in [1.29, 1.82) is 0 Å². The molecule has 0 unspecified atom stereocenters. The number of likely N-dealkylation sites (N-methyl/N-ethyl adjacent to an activating group) is 1. The minimum atomic E-state index is -0.0111. The number of hydrogen-bond donors (Lipinski definition) is 1. The van der Waals surface area contributed by atoms with Crippen LogP contribution in [0.15, 0.2) is 12.3 Å². The Hall–Kier alpha value is -1.29. The van der Waals surface area contributed by atoms with E-state index in [9.17, 15) is 4.79 Å². The largest absolute Gasteiger partial charge is 0.313 e. The first-order valence-corrected chi connectivity index (χ1v) is 3.71. The Kier molecular flexibility index (Phi) is 2.88. The van der Waals surface area contributed by atoms with Crippen molar-refractivity contribution in [2.24, 2.45) is 0 Å². The summed E-state index contributed by atoms with van der Waals surface area (Å²) in [4.78, 5) is 19.1. The molecule has 0 fully saturated rings. The third-order valence-electron chi connectivity index (χ3n) is 1.40. The second-order valence-electron chi connectivity index (χ2n) is 2.44. The van der Waals surface area contributed by atoms with E-state index in [4.69, 9.17) is 0 Å². The molecule has 0 aliphatic carbocycles. The molecule has 64 valence electrons. The summed E-state index contributed by atoms with van der Waals surface area (Å²) in [5, 5.41) is 2.78. The van der Waals surface area contributed by atoms with Crippen LogP contribution < -0.4 is 5.32 Å². The van der Waals surface area contributed by atoms with Gasteiger partial charge in [0.2, 0.25) is 0 Å². The molecule has 1 aromatic heterocycles. The first-order valence-electron chi connectivity index (χ1n) is 3.71. The molecular weight excluding hydrogens is 154 g/mol. The Morgan fingerprint density at radius 3 is 3.00 bits per heavy atom. The molecule has 0 aliphatic rings. The number of Topliss-reactive ketones (excluding diaryl/α,β-unsaturated/α-hetero) is 1. The van der Waals surface area contributed by atoms with Crippen molar-refractivity contribution in [3.05, 3.63) is 23.8 Å². The van der Waals surface area contributed by atoms with Gasteiger partial charge in [-0.1, -0.05) is 0 Å². The van der Waals surface area contributed by atoms with Gasteiger partial charge in [0.15, 0.2) is 5.78 Å². The van der Waals surface area contributed by atoms with Crippen molar-refractivity contribution in [2.45, 2.75) is 6.92 Å². The van der Waals surface area contributed by atoms with Crippen LogP contribution in [0.25, 0.3) is 0 Å². The lowest BCUT2D eigenvalue weighted by Crippen LogP contribution is -2.19. The fraction of sp³-hybridized carbons (Fsp3) is 0.375. The summed E-state index contributed by atoms with van der Waals surface area (Å²) < 4.78 is 0. The maximum absolute atomic E-state index is 11.2. The Morgan fingerprint density at radius 1 is 1.67 bits per heavy atom. The SMILES string of the molecule is CNCC(=O)c1ccnc(C)n1. The molecule has 1 aromatic rings. The molecule has 0 bridgehead atoms. The second-order valence-corrected chi connectivity index (χ2v) is 2.44. The van der Waals surface area contributed by atoms with Crippen molar-refractivity contribution in [1.82, 2.24) is 15.3 Å². The van der Waals surface area contributed by atoms with Gasteiger partial charge in [-0.3, -0.25) is 4.79 Å². The predicted octanol–water partition coefficient (Wildman–Crippen LogP) is 0.187. The van der Waals surface area contributed by atoms with Crippen molar-refractivity contribution in [3.63, 3.8) is 0 Å². The van der Waals surface area contributed by atoms with Crippen LogP contribution >= 0.6 is 0 Å². The number of nitrogens with one attached hydrogen (secondary N) is 1. The first-order chi connectivity index (χ1) is 5.74. The van der Waals surface area contributed by atoms with Gasteiger partial charge >= 0.3 is 0 Å². The van der Waals surface area contributed by atoms with E-state index in [-0.39, 0.29) is 5.78 Å². The highest BCUT2D eigenvalue weighted by Gasteiger charge is 2.05. The number of rotatable bonds is 3. The van der Waals surface area contributed by atoms with Gasteiger partial charge < -0.3 is 5.32 Å². The van der Waals surface area contributed by atoms with Crippen LogP contribution in [-0.4, -0.2) is 29.3 Å². The number of aryl methyl sites for hydroxylation is 1. The monoisotopic (exact) mass is 165 g/mol. The summed E-state index contributed by atoms with van der Waals surface area (Å²) in [5.74, 6) is 0.611. The van der Waals surface area contributed by atoms with Crippen molar-refractivity contribution < 1.29 is 4.79 Å². The van der Waals surface area contributed by atoms with Crippen molar-refractivity contribution in [3.8, 4) is 0 Å². The Morgan fingerprint density at radius 2 is 2.42 bits per heavy atom. The molecule has 0 saturated carbocycles. The van der Waals surface area contributed by atoms with Crippen LogP contribution in [0, 0.1) is 6.92 Å². The van der Waals surface area contributed by atoms with Gasteiger partial charge in [0.1, 0.15) is 11.5 Å². The number of carbonyl (C=O) groups is 1. The summed E-state index contributed by atoms with van der Waals surface area (Å²) in [7, 11) is 1.73. The Balaban J connectivity index is 2.81. The normalized spacial score (nSPS) is 9.83. The number of hydrogen-bond acceptors (Lipinski definition) is 4. The molecule has 4 heteroatoms. The van der Waals surface area contributed by atoms with Gasteiger partial charge in [-0.05, 0) is 20.0 Å². The van der Waals surface area contributed by atoms with E-state index >= 15 is 0 Å². The van der Waals surface area contributed by atoms with Crippen LogP contribution in [0.4, 0.5) is 0 Å². The highest BCUT2D eigenvalue weighted by molar-refractivity contribution is 5.95. The molecule has 4 nitrogen and oxygen atoms in total. The average molecular weight is 165 g/mol. The molecule has 0 atom stereocenters. The van der Waals surface area contributed by atoms with Crippen LogP contribution in [-0.2, 0) is 0 Å². The van der Waals surface area contributed by atoms with Gasteiger partial charge in [0.05, 0.1) is 6.54 Å². The topological polar surface area (TPSA) is 54.9 Å². The lowest BCUT2D eigenvalue weighted by Gasteiger charge is -1.98. The quantitative estimate of drug-likeness (QED) is 0.649. The summed E-state index contributed by atoms with van der Waals surface area (Å²) in [5.41, 5.74) is 0.469. The van der Waals surface area contributed by atoms with Gasteiger partial charge in [-0.2, -0.15) is 0 Å². The summed E-state index contributed by atoms with van der Waals surface area (Å²) in [6.07, 6.45) is 1.59. The minimum Gasteiger partial charge on any atom is -0.313 e. The lowest BCUT2D eigenvalue weighted by atomic mass is 10.3. The number of nitrogens with zero attached hydrogens (tertiary/aromatic N) is 2. The standard InChI is InChI=1S/C8H11N3O/c1-6-10-4-3-7(11-6)8(12)5-9-2/h3-4,9H,5H2,1-2H3. The van der Waals surface area contributed by atoms with E-state index in [1.165, 1.54) is 0 Å². The molecule has 1 rings (SSSR count). The van der Waals surface area contributed by atoms with E-state index in [0.717, 1.165) is 0 Å². The molecule has 0 aromatic carbocycles. The van der Waals surface area contributed by atoms with Gasteiger partial charge in [0, 0.05) is 6.20 Å². The van der Waals surface area contributed by atoms with Crippen LogP contribution in [0.1, 0.15) is 16.3 Å². The molecular formula is C8H11N3O. The Labute approximate surface area is 71.0 Å². The van der Waals surface area contributed by atoms with Gasteiger partial charge in [-0.25, -0.2) is 9.97 Å². The molecule has 0 spiro atoms. The Bertz CT molecular complexity index is 285. The molecule has 0 saturated heterocycles. The summed E-state index contributed by atoms with van der Waals surface area (Å²) >= 11 is 0. The maximum Gasteiger partial charge on any atom is 0.195 e. The maximum atomic E-state index is 11.2. The van der Waals surface area contributed by atoms with E-state index in [1.807, 2.05) is 0 Å². The van der Waals surface area contributed by atoms with Crippen LogP contribution in [0.2, 0.25) is 0 Å². The number of carbonyl (C=O) groups excluding carboxylic acids is 1. The third-order valence-corrected chi connectivity index (χ3v) is 1.40. The zero-order chi connectivity index (χ0) is 8.97. The number of ketones is 1. The van der Waals surface area contributed by atoms with Crippen molar-refractivity contribution >= 4 is 5.78 Å². The van der Waals surface area contributed by atoms with E-state index < -0.39 is 0 Å². The molecule has 0 radical (unpaired) electrons. The zero-order valence-electron chi connectivity index (χ0n) is 7.16. The van der Waals surface area contributed by atoms with Gasteiger partial charge in [0.25, 0.3) is 0 Å². The van der Waals surface area contributed by atoms with Crippen LogP contribution in [0.5, 0.6) is 0 Å². The van der Waals surface area contributed by atoms with E-state index in [1.54, 1.807) is 26.2 Å². The summed E-state index contributed by atoms with van der Waals surface area (Å²) in [6, 6.07) is 1.62. The predicted molar refractivity (Wildman–Crippen MR) is 45.0 cm³/mol. The highest BCUT2D eigenvalue weighted by atomic mass is 16.1. The van der Waals surface area contributed by atoms with E-state index in [0.29, 0.717) is 18.1 Å². The zero-order valence-corrected chi connectivity index (χ0v) is 7.16. The molecule has 1 heterocycles. The smallest absolute Gasteiger partial charge is 0.195 e. The minimum absolute atomic E-state index is 0.0111. The van der Waals surface area contributed by atoms with Crippen molar-refractivity contribution in [2.75, 3.05) is 13.6 Å². The fourth-order valence-electron chi connectivity index (χ4n) is 0.863. The molecule has 1 N–H and O–H groups in total. The second kappa shape index (κ2) is 3.92. The third kappa shape index (κ3) is 2.10. The van der Waals surface area contributed by atoms with Gasteiger partial charge in [-0.15, -0.1) is 0 Å². The summed E-state index contributed by atoms with van der Waals surface area (Å²) in [6.45, 7) is 2.08. The lowest BCUT2D eigenvalue weighted by molar-refractivity contribution is 0.0988. The molecule has 0 amide bonds. The van der Waals surface area contributed by atoms with Crippen LogP contribution in [0.3, 0.4) is 0 Å². The first kappa shape index (κ1) is 8.80. The molecule has 0 aliphatic heterocycles. The fourth-order valence-corrected chi connectivity index (χ4v) is 0.863. The average Bonchev–Trinajstić information content (AvgIpc) is 2.05. The van der Waals surface area contributed by atoms with E-state index in [2.05, 4.69) is 15.3 Å². The molecule has 12 heavy (non-hydrogen) atoms. The highest BCUT2D eigenvalue weighted by Crippen LogP contribution is 1.94.